The first-order chi connectivity index (χ1) is 17.8. The molecule has 1 aromatic heterocycles. The van der Waals surface area contributed by atoms with Crippen molar-refractivity contribution in [2.24, 2.45) is 0 Å². The highest BCUT2D eigenvalue weighted by atomic mass is 35.5. The molecule has 4 aromatic rings. The summed E-state index contributed by atoms with van der Waals surface area (Å²) in [4.78, 5) is 11.1. The summed E-state index contributed by atoms with van der Waals surface area (Å²) >= 11 is 6.12. The van der Waals surface area contributed by atoms with Gasteiger partial charge in [0, 0.05) is 22.6 Å². The predicted octanol–water partition coefficient (Wildman–Crippen LogP) is 6.38. The minimum atomic E-state index is -0.876. The first-order valence-electron chi connectivity index (χ1n) is 12.1. The molecule has 0 spiro atoms. The number of aliphatic carboxylic acids is 1. The summed E-state index contributed by atoms with van der Waals surface area (Å²) in [6.07, 6.45) is 0.306. The fraction of sp³-hybridized carbons (Fsp3) is 0.241. The molecule has 0 fully saturated rings. The molecule has 0 saturated heterocycles. The van der Waals surface area contributed by atoms with Gasteiger partial charge < -0.3 is 14.9 Å². The molecule has 8 heteroatoms. The van der Waals surface area contributed by atoms with Crippen LogP contribution in [-0.2, 0) is 24.4 Å². The monoisotopic (exact) mass is 522 g/mol. The lowest BCUT2D eigenvalue weighted by molar-refractivity contribution is -0.136. The molecule has 37 heavy (non-hydrogen) atoms. The number of aromatic nitrogens is 2. The van der Waals surface area contributed by atoms with Gasteiger partial charge in [0.25, 0.3) is 0 Å². The summed E-state index contributed by atoms with van der Waals surface area (Å²) in [5.74, 6) is -0.642. The number of benzene rings is 3. The Bertz CT molecular complexity index is 1370. The Kier molecular flexibility index (Phi) is 8.58. The number of nitrogens with zero attached hydrogens (tertiary/aromatic N) is 2. The highest BCUT2D eigenvalue weighted by Gasteiger charge is 2.18. The first-order valence-corrected chi connectivity index (χ1v) is 12.4. The van der Waals surface area contributed by atoms with Crippen molar-refractivity contribution < 1.29 is 24.1 Å². The zero-order valence-corrected chi connectivity index (χ0v) is 21.2. The molecular formula is C29H28ClFN2O4. The predicted molar refractivity (Wildman–Crippen MR) is 141 cm³/mol. The largest absolute Gasteiger partial charge is 0.488 e. The highest BCUT2D eigenvalue weighted by Crippen LogP contribution is 2.34. The van der Waals surface area contributed by atoms with Crippen LogP contribution in [0, 0.1) is 5.82 Å². The van der Waals surface area contributed by atoms with Gasteiger partial charge in [0.05, 0.1) is 24.0 Å². The molecule has 1 unspecified atom stereocenters. The Morgan fingerprint density at radius 2 is 1.86 bits per heavy atom. The van der Waals surface area contributed by atoms with Crippen LogP contribution in [0.1, 0.15) is 30.9 Å². The van der Waals surface area contributed by atoms with Gasteiger partial charge in [-0.1, -0.05) is 36.7 Å². The smallest absolute Gasteiger partial charge is 0.303 e. The van der Waals surface area contributed by atoms with Gasteiger partial charge in [0.2, 0.25) is 0 Å². The summed E-state index contributed by atoms with van der Waals surface area (Å²) in [5.41, 5.74) is 4.50. The van der Waals surface area contributed by atoms with Gasteiger partial charge in [-0.2, -0.15) is 5.10 Å². The van der Waals surface area contributed by atoms with Crippen molar-refractivity contribution in [2.75, 3.05) is 0 Å². The number of halogens is 2. The SMILES string of the molecule is CCC(O)Cn1nc(-c2cc(CCC(=O)O)ccc2OCc2cccc(Cl)c2)cc1-c1ccc(F)cc1. The van der Waals surface area contributed by atoms with Gasteiger partial charge in [-0.05, 0) is 78.6 Å². The van der Waals surface area contributed by atoms with E-state index in [1.807, 2.05) is 49.4 Å². The maximum Gasteiger partial charge on any atom is 0.303 e. The number of carboxylic acids is 1. The minimum Gasteiger partial charge on any atom is -0.488 e. The van der Waals surface area contributed by atoms with Crippen LogP contribution in [0.5, 0.6) is 5.75 Å². The zero-order chi connectivity index (χ0) is 26.4. The second-order valence-electron chi connectivity index (χ2n) is 8.81. The topological polar surface area (TPSA) is 84.6 Å². The number of carbonyl (C=O) groups is 1. The number of carboxylic acid groups (broad SMARTS) is 1. The lowest BCUT2D eigenvalue weighted by Gasteiger charge is -2.13. The zero-order valence-electron chi connectivity index (χ0n) is 20.4. The Hall–Kier alpha value is -3.68. The van der Waals surface area contributed by atoms with Gasteiger partial charge in [0.1, 0.15) is 18.2 Å². The van der Waals surface area contributed by atoms with E-state index in [9.17, 15) is 14.3 Å². The third-order valence-electron chi connectivity index (χ3n) is 6.01. The Morgan fingerprint density at radius 1 is 1.08 bits per heavy atom. The van der Waals surface area contributed by atoms with Crippen LogP contribution in [-0.4, -0.2) is 32.1 Å². The summed E-state index contributed by atoms with van der Waals surface area (Å²) in [5, 5.41) is 24.9. The molecule has 2 N–H and O–H groups in total. The van der Waals surface area contributed by atoms with Crippen LogP contribution in [0.25, 0.3) is 22.5 Å². The van der Waals surface area contributed by atoms with Gasteiger partial charge in [0.15, 0.2) is 0 Å². The third-order valence-corrected chi connectivity index (χ3v) is 6.24. The van der Waals surface area contributed by atoms with E-state index in [1.165, 1.54) is 12.1 Å². The lowest BCUT2D eigenvalue weighted by Crippen LogP contribution is -2.16. The van der Waals surface area contributed by atoms with Crippen molar-refractivity contribution in [3.05, 3.63) is 94.8 Å². The number of ether oxygens (including phenoxy) is 1. The molecule has 0 saturated carbocycles. The minimum absolute atomic E-state index is 0.000120. The van der Waals surface area contributed by atoms with Crippen LogP contribution in [0.4, 0.5) is 4.39 Å². The van der Waals surface area contributed by atoms with E-state index in [1.54, 1.807) is 22.9 Å². The molecule has 3 aromatic carbocycles. The van der Waals surface area contributed by atoms with E-state index in [0.29, 0.717) is 34.9 Å². The van der Waals surface area contributed by atoms with E-state index in [2.05, 4.69) is 0 Å². The summed E-state index contributed by atoms with van der Waals surface area (Å²) in [6.45, 7) is 2.43. The van der Waals surface area contributed by atoms with Crippen molar-refractivity contribution >= 4 is 17.6 Å². The normalized spacial score (nSPS) is 11.9. The molecule has 0 aliphatic rings. The summed E-state index contributed by atoms with van der Waals surface area (Å²) < 4.78 is 21.5. The molecule has 1 atom stereocenters. The Balaban J connectivity index is 1.75. The molecule has 4 rings (SSSR count). The van der Waals surface area contributed by atoms with Crippen molar-refractivity contribution in [3.8, 4) is 28.3 Å². The maximum absolute atomic E-state index is 13.6. The van der Waals surface area contributed by atoms with Crippen LogP contribution in [0.15, 0.2) is 72.8 Å². The fourth-order valence-corrected chi connectivity index (χ4v) is 4.18. The van der Waals surface area contributed by atoms with E-state index in [0.717, 1.165) is 22.4 Å². The molecular weight excluding hydrogens is 495 g/mol. The van der Waals surface area contributed by atoms with Gasteiger partial charge in [-0.25, -0.2) is 4.39 Å². The molecule has 1 heterocycles. The molecule has 192 valence electrons. The number of aliphatic hydroxyl groups is 1. The molecule has 0 aliphatic carbocycles. The van der Waals surface area contributed by atoms with Crippen molar-refractivity contribution in [3.63, 3.8) is 0 Å². The van der Waals surface area contributed by atoms with Crippen LogP contribution in [0.3, 0.4) is 0 Å². The number of aliphatic hydroxyl groups excluding tert-OH is 1. The lowest BCUT2D eigenvalue weighted by atomic mass is 10.0. The van der Waals surface area contributed by atoms with Crippen LogP contribution >= 0.6 is 11.6 Å². The Labute approximate surface area is 219 Å². The summed E-state index contributed by atoms with van der Waals surface area (Å²) in [7, 11) is 0. The Morgan fingerprint density at radius 3 is 2.57 bits per heavy atom. The molecule has 0 amide bonds. The maximum atomic E-state index is 13.6. The number of aryl methyl sites for hydroxylation is 1. The van der Waals surface area contributed by atoms with E-state index < -0.39 is 12.1 Å². The third kappa shape index (κ3) is 6.96. The standard InChI is InChI=1S/C29H28ClFN2O4/c1-2-24(34)17-33-27(21-8-10-23(31)11-9-21)16-26(32-33)25-15-19(7-13-29(35)36)6-12-28(25)37-18-20-4-3-5-22(30)14-20/h3-6,8-12,14-16,24,34H,2,7,13,17-18H2,1H3,(H,35,36). The first kappa shape index (κ1) is 26.4. The van der Waals surface area contributed by atoms with Gasteiger partial charge in [-0.3, -0.25) is 9.48 Å². The number of hydrogen-bond donors (Lipinski definition) is 2. The van der Waals surface area contributed by atoms with Crippen molar-refractivity contribution in [1.29, 1.82) is 0 Å². The van der Waals surface area contributed by atoms with Crippen LogP contribution in [0.2, 0.25) is 5.02 Å². The van der Waals surface area contributed by atoms with Crippen molar-refractivity contribution in [1.82, 2.24) is 9.78 Å². The average Bonchev–Trinajstić information content (AvgIpc) is 3.30. The molecule has 0 radical (unpaired) electrons. The fourth-order valence-electron chi connectivity index (χ4n) is 3.97. The highest BCUT2D eigenvalue weighted by molar-refractivity contribution is 6.30. The van der Waals surface area contributed by atoms with Gasteiger partial charge in [-0.15, -0.1) is 0 Å². The molecule has 0 bridgehead atoms. The summed E-state index contributed by atoms with van der Waals surface area (Å²) in [6, 6.07) is 20.9. The molecule has 6 nitrogen and oxygen atoms in total. The number of rotatable bonds is 11. The van der Waals surface area contributed by atoms with E-state index in [-0.39, 0.29) is 25.4 Å². The van der Waals surface area contributed by atoms with Gasteiger partial charge >= 0.3 is 5.97 Å². The molecule has 0 aliphatic heterocycles. The second kappa shape index (κ2) is 12.0. The average molecular weight is 523 g/mol. The van der Waals surface area contributed by atoms with Crippen molar-refractivity contribution in [2.45, 2.75) is 45.4 Å². The van der Waals surface area contributed by atoms with E-state index in [4.69, 9.17) is 26.5 Å². The quantitative estimate of drug-likeness (QED) is 0.239. The van der Waals surface area contributed by atoms with E-state index >= 15 is 0 Å². The second-order valence-corrected chi connectivity index (χ2v) is 9.25. The van der Waals surface area contributed by atoms with Crippen LogP contribution < -0.4 is 4.74 Å². The number of hydrogen-bond acceptors (Lipinski definition) is 4.